The van der Waals surface area contributed by atoms with Gasteiger partial charge in [-0.3, -0.25) is 0 Å². The molecule has 0 aliphatic carbocycles. The van der Waals surface area contributed by atoms with E-state index in [1.807, 2.05) is 11.9 Å². The quantitative estimate of drug-likeness (QED) is 0.853. The molecule has 1 N–H and O–H groups in total. The number of aromatic nitrogens is 2. The second kappa shape index (κ2) is 4.48. The van der Waals surface area contributed by atoms with Gasteiger partial charge in [0.15, 0.2) is 11.5 Å². The van der Waals surface area contributed by atoms with Crippen LogP contribution in [-0.2, 0) is 6.18 Å². The summed E-state index contributed by atoms with van der Waals surface area (Å²) in [6.07, 6.45) is -3.47. The highest BCUT2D eigenvalue weighted by molar-refractivity contribution is 5.38. The molecule has 0 amide bonds. The van der Waals surface area contributed by atoms with Crippen LogP contribution in [0.5, 0.6) is 0 Å². The van der Waals surface area contributed by atoms with Crippen LogP contribution in [0.3, 0.4) is 0 Å². The second-order valence-electron chi connectivity index (χ2n) is 4.03. The molecular formula is C10H13F3N4. The molecule has 4 nitrogen and oxygen atoms in total. The summed E-state index contributed by atoms with van der Waals surface area (Å²) in [5.74, 6) is 0.465. The van der Waals surface area contributed by atoms with E-state index in [4.69, 9.17) is 0 Å². The topological polar surface area (TPSA) is 41.1 Å². The van der Waals surface area contributed by atoms with E-state index in [0.29, 0.717) is 5.82 Å². The van der Waals surface area contributed by atoms with E-state index < -0.39 is 11.9 Å². The molecule has 0 bridgehead atoms. The Morgan fingerprint density at radius 3 is 2.59 bits per heavy atom. The van der Waals surface area contributed by atoms with Crippen LogP contribution in [0.1, 0.15) is 12.1 Å². The number of nitrogens with zero attached hydrogens (tertiary/aromatic N) is 3. The monoisotopic (exact) mass is 246 g/mol. The van der Waals surface area contributed by atoms with Crippen molar-refractivity contribution in [3.63, 3.8) is 0 Å². The SMILES string of the molecule is CN(c1ccc(C(F)(F)F)nn1)C1CCNC1. The fraction of sp³-hybridized carbons (Fsp3) is 0.600. The minimum atomic E-state index is -4.43. The van der Waals surface area contributed by atoms with Gasteiger partial charge < -0.3 is 10.2 Å². The zero-order chi connectivity index (χ0) is 12.5. The Hall–Kier alpha value is -1.37. The van der Waals surface area contributed by atoms with Crippen molar-refractivity contribution < 1.29 is 13.2 Å². The molecule has 0 radical (unpaired) electrons. The van der Waals surface area contributed by atoms with E-state index in [9.17, 15) is 13.2 Å². The number of likely N-dealkylation sites (N-methyl/N-ethyl adjacent to an activating group) is 1. The van der Waals surface area contributed by atoms with Gasteiger partial charge in [-0.15, -0.1) is 10.2 Å². The third-order valence-corrected chi connectivity index (χ3v) is 2.88. The van der Waals surface area contributed by atoms with Crippen LogP contribution in [-0.4, -0.2) is 36.4 Å². The third-order valence-electron chi connectivity index (χ3n) is 2.88. The van der Waals surface area contributed by atoms with Crippen molar-refractivity contribution in [2.45, 2.75) is 18.6 Å². The lowest BCUT2D eigenvalue weighted by atomic mass is 10.2. The summed E-state index contributed by atoms with van der Waals surface area (Å²) >= 11 is 0. The number of hydrogen-bond donors (Lipinski definition) is 1. The fourth-order valence-electron chi connectivity index (χ4n) is 1.82. The van der Waals surface area contributed by atoms with Crippen LogP contribution in [0.4, 0.5) is 19.0 Å². The summed E-state index contributed by atoms with van der Waals surface area (Å²) in [6.45, 7) is 1.74. The molecule has 0 saturated carbocycles. The molecule has 0 aromatic carbocycles. The van der Waals surface area contributed by atoms with Gasteiger partial charge in [0.2, 0.25) is 0 Å². The van der Waals surface area contributed by atoms with Gasteiger partial charge in [0.25, 0.3) is 0 Å². The maximum absolute atomic E-state index is 12.3. The molecule has 1 atom stereocenters. The van der Waals surface area contributed by atoms with Crippen molar-refractivity contribution in [1.29, 1.82) is 0 Å². The van der Waals surface area contributed by atoms with Gasteiger partial charge in [-0.05, 0) is 25.1 Å². The standard InChI is InChI=1S/C10H13F3N4/c1-17(7-4-5-14-6-7)9-3-2-8(15-16-9)10(11,12)13/h2-3,7,14H,4-6H2,1H3. The molecule has 17 heavy (non-hydrogen) atoms. The van der Waals surface area contributed by atoms with E-state index in [1.165, 1.54) is 6.07 Å². The lowest BCUT2D eigenvalue weighted by Crippen LogP contribution is -2.34. The van der Waals surface area contributed by atoms with Crippen LogP contribution in [0.15, 0.2) is 12.1 Å². The van der Waals surface area contributed by atoms with Gasteiger partial charge >= 0.3 is 6.18 Å². The van der Waals surface area contributed by atoms with Gasteiger partial charge in [-0.1, -0.05) is 0 Å². The molecule has 0 spiro atoms. The molecule has 1 aromatic heterocycles. The smallest absolute Gasteiger partial charge is 0.354 e. The molecule has 1 unspecified atom stereocenters. The van der Waals surface area contributed by atoms with E-state index in [1.54, 1.807) is 0 Å². The largest absolute Gasteiger partial charge is 0.435 e. The normalized spacial score (nSPS) is 20.6. The lowest BCUT2D eigenvalue weighted by Gasteiger charge is -2.24. The van der Waals surface area contributed by atoms with Crippen LogP contribution in [0.2, 0.25) is 0 Å². The van der Waals surface area contributed by atoms with Crippen molar-refractivity contribution in [1.82, 2.24) is 15.5 Å². The van der Waals surface area contributed by atoms with Crippen molar-refractivity contribution in [3.05, 3.63) is 17.8 Å². The highest BCUT2D eigenvalue weighted by atomic mass is 19.4. The Balaban J connectivity index is 2.12. The molecule has 1 fully saturated rings. The van der Waals surface area contributed by atoms with E-state index in [0.717, 1.165) is 25.6 Å². The minimum Gasteiger partial charge on any atom is -0.354 e. The highest BCUT2D eigenvalue weighted by Crippen LogP contribution is 2.27. The zero-order valence-corrected chi connectivity index (χ0v) is 9.33. The van der Waals surface area contributed by atoms with Gasteiger partial charge in [-0.2, -0.15) is 13.2 Å². The molecular weight excluding hydrogens is 233 g/mol. The summed E-state index contributed by atoms with van der Waals surface area (Å²) in [4.78, 5) is 1.85. The number of alkyl halides is 3. The van der Waals surface area contributed by atoms with Gasteiger partial charge in [-0.25, -0.2) is 0 Å². The molecule has 2 heterocycles. The molecule has 1 saturated heterocycles. The maximum atomic E-state index is 12.3. The average molecular weight is 246 g/mol. The van der Waals surface area contributed by atoms with Gasteiger partial charge in [0.05, 0.1) is 0 Å². The lowest BCUT2D eigenvalue weighted by molar-refractivity contribution is -0.141. The first-order valence-corrected chi connectivity index (χ1v) is 5.33. The number of hydrogen-bond acceptors (Lipinski definition) is 4. The van der Waals surface area contributed by atoms with Crippen LogP contribution in [0, 0.1) is 0 Å². The molecule has 7 heteroatoms. The van der Waals surface area contributed by atoms with E-state index in [-0.39, 0.29) is 6.04 Å². The first-order chi connectivity index (χ1) is 7.98. The van der Waals surface area contributed by atoms with Crippen molar-refractivity contribution in [2.75, 3.05) is 25.0 Å². The van der Waals surface area contributed by atoms with Gasteiger partial charge in [0, 0.05) is 19.6 Å². The van der Waals surface area contributed by atoms with E-state index >= 15 is 0 Å². The number of rotatable bonds is 2. The third kappa shape index (κ3) is 2.66. The molecule has 1 aliphatic heterocycles. The number of anilines is 1. The zero-order valence-electron chi connectivity index (χ0n) is 9.33. The first-order valence-electron chi connectivity index (χ1n) is 5.33. The minimum absolute atomic E-state index is 0.265. The predicted octanol–water partition coefficient (Wildman–Crippen LogP) is 1.29. The Morgan fingerprint density at radius 2 is 2.12 bits per heavy atom. The second-order valence-corrected chi connectivity index (χ2v) is 4.03. The van der Waals surface area contributed by atoms with Crippen molar-refractivity contribution in [3.8, 4) is 0 Å². The Morgan fingerprint density at radius 1 is 1.35 bits per heavy atom. The maximum Gasteiger partial charge on any atom is 0.435 e. The predicted molar refractivity (Wildman–Crippen MR) is 56.7 cm³/mol. The average Bonchev–Trinajstić information content (AvgIpc) is 2.80. The summed E-state index contributed by atoms with van der Waals surface area (Å²) in [7, 11) is 1.81. The highest BCUT2D eigenvalue weighted by Gasteiger charge is 2.33. The van der Waals surface area contributed by atoms with Crippen LogP contribution >= 0.6 is 0 Å². The Bertz CT molecular complexity index is 370. The van der Waals surface area contributed by atoms with Crippen molar-refractivity contribution >= 4 is 5.82 Å². The summed E-state index contributed by atoms with van der Waals surface area (Å²) in [5, 5.41) is 10.0. The Labute approximate surface area is 96.8 Å². The van der Waals surface area contributed by atoms with Crippen LogP contribution < -0.4 is 10.2 Å². The number of nitrogens with one attached hydrogen (secondary N) is 1. The van der Waals surface area contributed by atoms with E-state index in [2.05, 4.69) is 15.5 Å². The molecule has 1 aliphatic rings. The first kappa shape index (κ1) is 12.1. The summed E-state index contributed by atoms with van der Waals surface area (Å²) < 4.78 is 36.9. The van der Waals surface area contributed by atoms with Gasteiger partial charge in [0.1, 0.15) is 0 Å². The van der Waals surface area contributed by atoms with Crippen molar-refractivity contribution in [2.24, 2.45) is 0 Å². The fourth-order valence-corrected chi connectivity index (χ4v) is 1.82. The van der Waals surface area contributed by atoms with Crippen LogP contribution in [0.25, 0.3) is 0 Å². The molecule has 2 rings (SSSR count). The summed E-state index contributed by atoms with van der Waals surface area (Å²) in [5.41, 5.74) is -0.959. The molecule has 1 aromatic rings. The summed E-state index contributed by atoms with van der Waals surface area (Å²) in [6, 6.07) is 2.58. The molecule has 94 valence electrons. The number of halogens is 3. The Kier molecular flexibility index (Phi) is 3.19.